The lowest BCUT2D eigenvalue weighted by Crippen LogP contribution is -2.65. The molecule has 1 fully saturated rings. The second-order valence-electron chi connectivity index (χ2n) is 6.13. The molecule has 0 aliphatic heterocycles. The van der Waals surface area contributed by atoms with Crippen LogP contribution in [0.15, 0.2) is 12.3 Å². The molecule has 1 N–H and O–H groups in total. The summed E-state index contributed by atoms with van der Waals surface area (Å²) in [5.41, 5.74) is 1.07. The Bertz CT molecular complexity index is 510. The molecule has 1 aliphatic rings. The van der Waals surface area contributed by atoms with E-state index in [4.69, 9.17) is 4.74 Å². The third-order valence-corrected chi connectivity index (χ3v) is 5.47. The molecule has 0 bridgehead atoms. The molecule has 1 aliphatic carbocycles. The fourth-order valence-electron chi connectivity index (χ4n) is 3.78. The van der Waals surface area contributed by atoms with Crippen LogP contribution in [-0.4, -0.2) is 47.0 Å². The van der Waals surface area contributed by atoms with Gasteiger partial charge in [-0.2, -0.15) is 5.10 Å². The molecular weight excluding hydrogens is 280 g/mol. The van der Waals surface area contributed by atoms with E-state index in [2.05, 4.69) is 24.3 Å². The average molecular weight is 308 g/mol. The fourth-order valence-corrected chi connectivity index (χ4v) is 3.78. The Balaban J connectivity index is 1.97. The summed E-state index contributed by atoms with van der Waals surface area (Å²) in [6.07, 6.45) is 4.94. The van der Waals surface area contributed by atoms with Gasteiger partial charge in [0.2, 0.25) is 0 Å². The molecule has 2 atom stereocenters. The number of amides is 2. The van der Waals surface area contributed by atoms with Crippen LogP contribution in [0, 0.1) is 5.41 Å². The molecule has 0 unspecified atom stereocenters. The Morgan fingerprint density at radius 3 is 2.73 bits per heavy atom. The topological polar surface area (TPSA) is 59.4 Å². The van der Waals surface area contributed by atoms with Crippen LogP contribution < -0.4 is 5.32 Å². The summed E-state index contributed by atoms with van der Waals surface area (Å²) in [4.78, 5) is 14.3. The Kier molecular flexibility index (Phi) is 5.11. The van der Waals surface area contributed by atoms with Gasteiger partial charge in [-0.25, -0.2) is 4.79 Å². The predicted octanol–water partition coefficient (Wildman–Crippen LogP) is 2.16. The van der Waals surface area contributed by atoms with Crippen LogP contribution in [0.4, 0.5) is 4.79 Å². The first-order chi connectivity index (χ1) is 10.5. The van der Waals surface area contributed by atoms with Gasteiger partial charge in [-0.1, -0.05) is 13.8 Å². The highest BCUT2D eigenvalue weighted by Crippen LogP contribution is 2.50. The smallest absolute Gasteiger partial charge is 0.317 e. The van der Waals surface area contributed by atoms with Gasteiger partial charge < -0.3 is 15.0 Å². The van der Waals surface area contributed by atoms with Crippen LogP contribution in [-0.2, 0) is 18.3 Å². The van der Waals surface area contributed by atoms with E-state index < -0.39 is 0 Å². The standard InChI is InChI=1S/C16H28N4O2/c1-6-16(7-2)13(10-14(16)22-5)19(3)15(21)17-11-12-8-9-18-20(12)4/h8-9,13-14H,6-7,10-11H2,1-5H3,(H,17,21)/t13-,14+/m1/s1. The minimum atomic E-state index is -0.0352. The number of hydrogen-bond donors (Lipinski definition) is 1. The largest absolute Gasteiger partial charge is 0.381 e. The molecule has 2 amide bonds. The van der Waals surface area contributed by atoms with E-state index in [0.29, 0.717) is 6.54 Å². The van der Waals surface area contributed by atoms with E-state index >= 15 is 0 Å². The zero-order chi connectivity index (χ0) is 16.3. The SMILES string of the molecule is CCC1(CC)[C@@H](OC)C[C@H]1N(C)C(=O)NCc1ccnn1C. The fraction of sp³-hybridized carbons (Fsp3) is 0.750. The van der Waals surface area contributed by atoms with Crippen LogP contribution in [0.2, 0.25) is 0 Å². The van der Waals surface area contributed by atoms with Crippen molar-refractivity contribution < 1.29 is 9.53 Å². The maximum atomic E-state index is 12.4. The zero-order valence-corrected chi connectivity index (χ0v) is 14.3. The Hall–Kier alpha value is -1.56. The van der Waals surface area contributed by atoms with Crippen LogP contribution in [0.5, 0.6) is 0 Å². The van der Waals surface area contributed by atoms with Gasteiger partial charge in [-0.05, 0) is 25.3 Å². The molecule has 1 heterocycles. The lowest BCUT2D eigenvalue weighted by Gasteiger charge is -2.57. The highest BCUT2D eigenvalue weighted by molar-refractivity contribution is 5.74. The molecular formula is C16H28N4O2. The number of carbonyl (C=O) groups excluding carboxylic acids is 1. The van der Waals surface area contributed by atoms with Crippen molar-refractivity contribution in [2.24, 2.45) is 12.5 Å². The van der Waals surface area contributed by atoms with Gasteiger partial charge in [-0.3, -0.25) is 4.68 Å². The normalized spacial score (nSPS) is 23.0. The molecule has 124 valence electrons. The Labute approximate surface area is 132 Å². The van der Waals surface area contributed by atoms with E-state index in [-0.39, 0.29) is 23.6 Å². The monoisotopic (exact) mass is 308 g/mol. The second-order valence-corrected chi connectivity index (χ2v) is 6.13. The molecule has 22 heavy (non-hydrogen) atoms. The third-order valence-electron chi connectivity index (χ3n) is 5.47. The second kappa shape index (κ2) is 6.69. The van der Waals surface area contributed by atoms with Crippen molar-refractivity contribution in [3.63, 3.8) is 0 Å². The minimum absolute atomic E-state index is 0.0352. The lowest BCUT2D eigenvalue weighted by molar-refractivity contribution is -0.146. The first kappa shape index (κ1) is 16.8. The molecule has 2 rings (SSSR count). The van der Waals surface area contributed by atoms with Crippen molar-refractivity contribution in [1.29, 1.82) is 0 Å². The van der Waals surface area contributed by atoms with Crippen molar-refractivity contribution in [3.05, 3.63) is 18.0 Å². The molecule has 6 nitrogen and oxygen atoms in total. The van der Waals surface area contributed by atoms with E-state index in [1.54, 1.807) is 18.0 Å². The van der Waals surface area contributed by atoms with Gasteiger partial charge in [0.1, 0.15) is 0 Å². The highest BCUT2D eigenvalue weighted by atomic mass is 16.5. The average Bonchev–Trinajstić information content (AvgIpc) is 2.91. The first-order valence-corrected chi connectivity index (χ1v) is 8.00. The number of rotatable bonds is 6. The van der Waals surface area contributed by atoms with Crippen molar-refractivity contribution in [2.45, 2.75) is 51.8 Å². The number of aromatic nitrogens is 2. The summed E-state index contributed by atoms with van der Waals surface area (Å²) in [7, 11) is 5.53. The number of aryl methyl sites for hydroxylation is 1. The van der Waals surface area contributed by atoms with Crippen molar-refractivity contribution in [1.82, 2.24) is 20.0 Å². The van der Waals surface area contributed by atoms with Gasteiger partial charge in [0.15, 0.2) is 0 Å². The number of methoxy groups -OCH3 is 1. The highest BCUT2D eigenvalue weighted by Gasteiger charge is 2.55. The summed E-state index contributed by atoms with van der Waals surface area (Å²) < 4.78 is 7.38. The van der Waals surface area contributed by atoms with Crippen molar-refractivity contribution >= 4 is 6.03 Å². The van der Waals surface area contributed by atoms with Gasteiger partial charge >= 0.3 is 6.03 Å². The third kappa shape index (κ3) is 2.72. The van der Waals surface area contributed by atoms with Gasteiger partial charge in [0.25, 0.3) is 0 Å². The number of carbonyl (C=O) groups is 1. The number of nitrogens with zero attached hydrogens (tertiary/aromatic N) is 3. The number of hydrogen-bond acceptors (Lipinski definition) is 3. The summed E-state index contributed by atoms with van der Waals surface area (Å²) in [6, 6.07) is 2.11. The zero-order valence-electron chi connectivity index (χ0n) is 14.3. The van der Waals surface area contributed by atoms with Gasteiger partial charge in [-0.15, -0.1) is 0 Å². The van der Waals surface area contributed by atoms with Crippen molar-refractivity contribution in [3.8, 4) is 0 Å². The lowest BCUT2D eigenvalue weighted by atomic mass is 9.58. The molecule has 0 radical (unpaired) electrons. The number of nitrogens with one attached hydrogen (secondary N) is 1. The van der Waals surface area contributed by atoms with Crippen molar-refractivity contribution in [2.75, 3.05) is 14.2 Å². The maximum Gasteiger partial charge on any atom is 0.317 e. The molecule has 0 spiro atoms. The number of urea groups is 1. The molecule has 6 heteroatoms. The number of ether oxygens (including phenoxy) is 1. The van der Waals surface area contributed by atoms with Gasteiger partial charge in [0, 0.05) is 38.9 Å². The molecule has 0 aromatic carbocycles. The van der Waals surface area contributed by atoms with E-state index in [9.17, 15) is 4.79 Å². The Morgan fingerprint density at radius 1 is 1.55 bits per heavy atom. The van der Waals surface area contributed by atoms with E-state index in [0.717, 1.165) is 25.0 Å². The van der Waals surface area contributed by atoms with Crippen LogP contribution in [0.1, 0.15) is 38.8 Å². The van der Waals surface area contributed by atoms with E-state index in [1.165, 1.54) is 0 Å². The van der Waals surface area contributed by atoms with Crippen LogP contribution >= 0.6 is 0 Å². The molecule has 1 saturated carbocycles. The summed E-state index contributed by atoms with van der Waals surface area (Å²) in [6.45, 7) is 4.86. The maximum absolute atomic E-state index is 12.4. The summed E-state index contributed by atoms with van der Waals surface area (Å²) in [5, 5.41) is 7.09. The van der Waals surface area contributed by atoms with Crippen LogP contribution in [0.3, 0.4) is 0 Å². The molecule has 0 saturated heterocycles. The minimum Gasteiger partial charge on any atom is -0.381 e. The first-order valence-electron chi connectivity index (χ1n) is 8.00. The Morgan fingerprint density at radius 2 is 2.23 bits per heavy atom. The van der Waals surface area contributed by atoms with Gasteiger partial charge in [0.05, 0.1) is 18.3 Å². The quantitative estimate of drug-likeness (QED) is 0.876. The van der Waals surface area contributed by atoms with Crippen LogP contribution in [0.25, 0.3) is 0 Å². The summed E-state index contributed by atoms with van der Waals surface area (Å²) in [5.74, 6) is 0. The predicted molar refractivity (Wildman–Crippen MR) is 85.4 cm³/mol. The molecule has 1 aromatic heterocycles. The molecule has 1 aromatic rings. The summed E-state index contributed by atoms with van der Waals surface area (Å²) >= 11 is 0. The van der Waals surface area contributed by atoms with E-state index in [1.807, 2.05) is 25.1 Å².